The van der Waals surface area contributed by atoms with Crippen molar-refractivity contribution >= 4 is 21.6 Å². The van der Waals surface area contributed by atoms with Crippen LogP contribution in [-0.2, 0) is 14.6 Å². The molecule has 2 amide bonds. The molecule has 0 saturated carbocycles. The number of hydrogen-bond acceptors (Lipinski definition) is 4. The third-order valence-corrected chi connectivity index (χ3v) is 4.70. The van der Waals surface area contributed by atoms with Crippen LogP contribution < -0.4 is 5.32 Å². The summed E-state index contributed by atoms with van der Waals surface area (Å²) < 4.78 is 28.9. The molecular formula is C15H22N2O4S. The van der Waals surface area contributed by atoms with Crippen molar-refractivity contribution in [2.75, 3.05) is 24.7 Å². The molecule has 6 nitrogen and oxygen atoms in total. The minimum absolute atomic E-state index is 0.0158. The molecule has 0 unspecified atom stereocenters. The van der Waals surface area contributed by atoms with E-state index in [2.05, 4.69) is 5.32 Å². The van der Waals surface area contributed by atoms with E-state index in [1.807, 2.05) is 20.8 Å². The number of aryl methyl sites for hydroxylation is 1. The van der Waals surface area contributed by atoms with Gasteiger partial charge in [-0.05, 0) is 38.5 Å². The maximum Gasteiger partial charge on any atom is 0.322 e. The van der Waals surface area contributed by atoms with Gasteiger partial charge >= 0.3 is 6.03 Å². The van der Waals surface area contributed by atoms with Gasteiger partial charge < -0.3 is 15.0 Å². The summed E-state index contributed by atoms with van der Waals surface area (Å²) in [5.74, 6) is 0. The fourth-order valence-electron chi connectivity index (χ4n) is 2.50. The SMILES string of the molecule is Cc1ccc(S(C)(=O)=O)cc1NC(=O)N1C[C@@H](C)O[C@H](C)C1. The molecule has 2 atom stereocenters. The van der Waals surface area contributed by atoms with Crippen LogP contribution >= 0.6 is 0 Å². The summed E-state index contributed by atoms with van der Waals surface area (Å²) in [5.41, 5.74) is 1.33. The molecule has 1 heterocycles. The van der Waals surface area contributed by atoms with Crippen molar-refractivity contribution in [2.45, 2.75) is 37.9 Å². The van der Waals surface area contributed by atoms with E-state index in [1.165, 1.54) is 6.07 Å². The number of sulfone groups is 1. The number of rotatable bonds is 2. The summed E-state index contributed by atoms with van der Waals surface area (Å²) >= 11 is 0. The quantitative estimate of drug-likeness (QED) is 0.902. The first-order chi connectivity index (χ1) is 10.2. The molecule has 7 heteroatoms. The molecule has 0 radical (unpaired) electrons. The molecule has 22 heavy (non-hydrogen) atoms. The minimum Gasteiger partial charge on any atom is -0.372 e. The number of benzene rings is 1. The van der Waals surface area contributed by atoms with E-state index in [1.54, 1.807) is 17.0 Å². The fraction of sp³-hybridized carbons (Fsp3) is 0.533. The van der Waals surface area contributed by atoms with Gasteiger partial charge in [0.2, 0.25) is 0 Å². The highest BCUT2D eigenvalue weighted by Crippen LogP contribution is 2.21. The molecule has 0 spiro atoms. The van der Waals surface area contributed by atoms with Crippen LogP contribution in [0.4, 0.5) is 10.5 Å². The monoisotopic (exact) mass is 326 g/mol. The lowest BCUT2D eigenvalue weighted by molar-refractivity contribution is -0.0530. The fourth-order valence-corrected chi connectivity index (χ4v) is 3.15. The maximum atomic E-state index is 12.4. The number of carbonyl (C=O) groups excluding carboxylic acids is 1. The summed E-state index contributed by atoms with van der Waals surface area (Å²) in [6.45, 7) is 6.70. The summed E-state index contributed by atoms with van der Waals surface area (Å²) in [6.07, 6.45) is 1.12. The number of amides is 2. The van der Waals surface area contributed by atoms with Gasteiger partial charge in [-0.15, -0.1) is 0 Å². The van der Waals surface area contributed by atoms with E-state index in [4.69, 9.17) is 4.74 Å². The van der Waals surface area contributed by atoms with Crippen molar-refractivity contribution in [1.29, 1.82) is 0 Å². The first-order valence-electron chi connectivity index (χ1n) is 7.19. The van der Waals surface area contributed by atoms with Crippen molar-refractivity contribution < 1.29 is 17.9 Å². The Bertz CT molecular complexity index is 662. The average molecular weight is 326 g/mol. The lowest BCUT2D eigenvalue weighted by atomic mass is 10.2. The Kier molecular flexibility index (Phi) is 4.77. The number of nitrogens with one attached hydrogen (secondary N) is 1. The predicted molar refractivity (Wildman–Crippen MR) is 84.9 cm³/mol. The van der Waals surface area contributed by atoms with Crippen LogP contribution in [0.2, 0.25) is 0 Å². The van der Waals surface area contributed by atoms with Crippen molar-refractivity contribution in [3.05, 3.63) is 23.8 Å². The van der Waals surface area contributed by atoms with Crippen LogP contribution in [0.1, 0.15) is 19.4 Å². The minimum atomic E-state index is -3.31. The Morgan fingerprint density at radius 3 is 2.41 bits per heavy atom. The third-order valence-electron chi connectivity index (χ3n) is 3.59. The van der Waals surface area contributed by atoms with E-state index >= 15 is 0 Å². The van der Waals surface area contributed by atoms with Gasteiger partial charge in [-0.1, -0.05) is 6.07 Å². The number of urea groups is 1. The molecule has 1 aromatic carbocycles. The number of carbonyl (C=O) groups is 1. The lowest BCUT2D eigenvalue weighted by Crippen LogP contribution is -2.49. The van der Waals surface area contributed by atoms with Gasteiger partial charge in [-0.25, -0.2) is 13.2 Å². The topological polar surface area (TPSA) is 75.7 Å². The first-order valence-corrected chi connectivity index (χ1v) is 9.08. The zero-order valence-corrected chi connectivity index (χ0v) is 14.1. The van der Waals surface area contributed by atoms with Crippen LogP contribution in [0, 0.1) is 6.92 Å². The standard InChI is InChI=1S/C15H22N2O4S/c1-10-5-6-13(22(4,19)20)7-14(10)16-15(18)17-8-11(2)21-12(3)9-17/h5-7,11-12H,8-9H2,1-4H3,(H,16,18)/t11-,12-/m1/s1. The molecule has 1 fully saturated rings. The van der Waals surface area contributed by atoms with Gasteiger partial charge in [0.05, 0.1) is 17.1 Å². The number of morpholine rings is 1. The Balaban J connectivity index is 2.18. The first kappa shape index (κ1) is 16.8. The van der Waals surface area contributed by atoms with Crippen LogP contribution in [0.5, 0.6) is 0 Å². The van der Waals surface area contributed by atoms with Crippen molar-refractivity contribution in [1.82, 2.24) is 4.90 Å². The van der Waals surface area contributed by atoms with Gasteiger partial charge in [0, 0.05) is 25.0 Å². The molecule has 122 valence electrons. The van der Waals surface area contributed by atoms with Gasteiger partial charge in [-0.2, -0.15) is 0 Å². The second-order valence-corrected chi connectivity index (χ2v) is 7.86. The van der Waals surface area contributed by atoms with Crippen molar-refractivity contribution in [2.24, 2.45) is 0 Å². The zero-order valence-electron chi connectivity index (χ0n) is 13.3. The maximum absolute atomic E-state index is 12.4. The molecule has 1 aliphatic rings. The summed E-state index contributed by atoms with van der Waals surface area (Å²) in [4.78, 5) is 14.3. The lowest BCUT2D eigenvalue weighted by Gasteiger charge is -2.35. The van der Waals surface area contributed by atoms with E-state index in [0.29, 0.717) is 18.8 Å². The molecular weight excluding hydrogens is 304 g/mol. The number of ether oxygens (including phenoxy) is 1. The third kappa shape index (κ3) is 3.98. The Morgan fingerprint density at radius 1 is 1.27 bits per heavy atom. The van der Waals surface area contributed by atoms with E-state index in [0.717, 1.165) is 11.8 Å². The van der Waals surface area contributed by atoms with Crippen LogP contribution in [0.25, 0.3) is 0 Å². The van der Waals surface area contributed by atoms with Crippen molar-refractivity contribution in [3.8, 4) is 0 Å². The van der Waals surface area contributed by atoms with Gasteiger partial charge in [0.1, 0.15) is 0 Å². The summed E-state index contributed by atoms with van der Waals surface area (Å²) in [6, 6.07) is 4.49. The van der Waals surface area contributed by atoms with E-state index in [-0.39, 0.29) is 23.1 Å². The van der Waals surface area contributed by atoms with Crippen molar-refractivity contribution in [3.63, 3.8) is 0 Å². The average Bonchev–Trinajstić information content (AvgIpc) is 2.38. The predicted octanol–water partition coefficient (Wildman–Crippen LogP) is 2.04. The van der Waals surface area contributed by atoms with Crippen LogP contribution in [-0.4, -0.2) is 50.9 Å². The van der Waals surface area contributed by atoms with Gasteiger partial charge in [-0.3, -0.25) is 0 Å². The number of nitrogens with zero attached hydrogens (tertiary/aromatic N) is 1. The Hall–Kier alpha value is -1.60. The highest BCUT2D eigenvalue weighted by Gasteiger charge is 2.26. The molecule has 0 aromatic heterocycles. The second-order valence-electron chi connectivity index (χ2n) is 5.84. The van der Waals surface area contributed by atoms with Gasteiger partial charge in [0.15, 0.2) is 9.84 Å². The highest BCUT2D eigenvalue weighted by molar-refractivity contribution is 7.90. The second kappa shape index (κ2) is 6.26. The summed E-state index contributed by atoms with van der Waals surface area (Å²) in [7, 11) is -3.31. The van der Waals surface area contributed by atoms with Crippen LogP contribution in [0.15, 0.2) is 23.1 Å². The molecule has 1 N–H and O–H groups in total. The number of anilines is 1. The molecule has 1 aromatic rings. The van der Waals surface area contributed by atoms with E-state index < -0.39 is 9.84 Å². The zero-order chi connectivity index (χ0) is 16.5. The van der Waals surface area contributed by atoms with Crippen LogP contribution in [0.3, 0.4) is 0 Å². The van der Waals surface area contributed by atoms with E-state index in [9.17, 15) is 13.2 Å². The Morgan fingerprint density at radius 2 is 1.86 bits per heavy atom. The smallest absolute Gasteiger partial charge is 0.322 e. The summed E-state index contributed by atoms with van der Waals surface area (Å²) in [5, 5.41) is 2.80. The Labute approximate surface area is 131 Å². The molecule has 1 aliphatic heterocycles. The molecule has 0 aliphatic carbocycles. The normalized spacial score (nSPS) is 22.5. The molecule has 2 rings (SSSR count). The van der Waals surface area contributed by atoms with Gasteiger partial charge in [0.25, 0.3) is 0 Å². The molecule has 0 bridgehead atoms. The largest absolute Gasteiger partial charge is 0.372 e. The number of hydrogen-bond donors (Lipinski definition) is 1. The highest BCUT2D eigenvalue weighted by atomic mass is 32.2. The molecule has 1 saturated heterocycles.